The lowest BCUT2D eigenvalue weighted by molar-refractivity contribution is 0.350. The maximum Gasteiger partial charge on any atom is 0.263 e. The van der Waals surface area contributed by atoms with Gasteiger partial charge in [-0.25, -0.2) is 13.4 Å². The Morgan fingerprint density at radius 1 is 1.38 bits per heavy atom. The van der Waals surface area contributed by atoms with E-state index in [1.807, 2.05) is 0 Å². The van der Waals surface area contributed by atoms with Crippen LogP contribution in [0.3, 0.4) is 0 Å². The second kappa shape index (κ2) is 6.22. The molecule has 0 amide bonds. The molecule has 1 aromatic carbocycles. The fraction of sp³-hybridized carbons (Fsp3) is 0.231. The maximum absolute atomic E-state index is 12.2. The molecule has 0 aliphatic rings. The van der Waals surface area contributed by atoms with Gasteiger partial charge in [-0.1, -0.05) is 11.8 Å². The molecule has 1 aromatic heterocycles. The molecule has 0 atom stereocenters. The van der Waals surface area contributed by atoms with E-state index in [2.05, 4.69) is 25.9 Å². The molecular weight excluding hydrogens is 310 g/mol. The van der Waals surface area contributed by atoms with Gasteiger partial charge in [-0.3, -0.25) is 4.72 Å². The first-order chi connectivity index (χ1) is 9.92. The van der Waals surface area contributed by atoms with Gasteiger partial charge in [0, 0.05) is 17.1 Å². The number of hydrogen-bond donors (Lipinski definition) is 2. The molecule has 21 heavy (non-hydrogen) atoms. The molecule has 2 aromatic rings. The molecule has 6 nitrogen and oxygen atoms in total. The monoisotopic (exact) mass is 323 g/mol. The summed E-state index contributed by atoms with van der Waals surface area (Å²) in [5.74, 6) is 5.81. The molecule has 0 saturated carbocycles. The van der Waals surface area contributed by atoms with Crippen molar-refractivity contribution in [3.05, 3.63) is 35.2 Å². The minimum atomic E-state index is -3.70. The number of benzene rings is 1. The standard InChI is InChI=1S/C13H13N3O3S2/c1-9-8-12(6-5-11(9)4-3-7-17)21(18,19)16-13-14-10(2)15-20-13/h5-6,8,17H,7H2,1-2H3,(H,14,15,16). The van der Waals surface area contributed by atoms with Crippen LogP contribution in [0.5, 0.6) is 0 Å². The summed E-state index contributed by atoms with van der Waals surface area (Å²) in [7, 11) is -3.70. The van der Waals surface area contributed by atoms with Crippen molar-refractivity contribution in [1.29, 1.82) is 0 Å². The Morgan fingerprint density at radius 2 is 2.14 bits per heavy atom. The zero-order valence-corrected chi connectivity index (χ0v) is 13.0. The molecule has 0 fully saturated rings. The fourth-order valence-corrected chi connectivity index (χ4v) is 3.47. The number of aromatic nitrogens is 2. The molecule has 0 saturated heterocycles. The quantitative estimate of drug-likeness (QED) is 0.831. The first-order valence-corrected chi connectivity index (χ1v) is 8.21. The maximum atomic E-state index is 12.2. The van der Waals surface area contributed by atoms with E-state index in [0.717, 1.165) is 11.5 Å². The van der Waals surface area contributed by atoms with Crippen LogP contribution in [0.15, 0.2) is 23.1 Å². The molecule has 1 heterocycles. The highest BCUT2D eigenvalue weighted by molar-refractivity contribution is 7.93. The van der Waals surface area contributed by atoms with Crippen LogP contribution < -0.4 is 4.72 Å². The second-order valence-electron chi connectivity index (χ2n) is 4.19. The van der Waals surface area contributed by atoms with Crippen LogP contribution in [0, 0.1) is 25.7 Å². The Balaban J connectivity index is 2.30. The first kappa shape index (κ1) is 15.4. The van der Waals surface area contributed by atoms with Crippen LogP contribution in [-0.2, 0) is 10.0 Å². The van der Waals surface area contributed by atoms with Crippen molar-refractivity contribution in [1.82, 2.24) is 9.36 Å². The Bertz CT molecular complexity index is 817. The van der Waals surface area contributed by atoms with Crippen LogP contribution in [0.2, 0.25) is 0 Å². The number of anilines is 1. The zero-order chi connectivity index (χ0) is 15.5. The van der Waals surface area contributed by atoms with Crippen molar-refractivity contribution in [3.63, 3.8) is 0 Å². The summed E-state index contributed by atoms with van der Waals surface area (Å²) in [5.41, 5.74) is 1.39. The smallest absolute Gasteiger partial charge is 0.263 e. The molecule has 0 aliphatic heterocycles. The van der Waals surface area contributed by atoms with Gasteiger partial charge in [0.2, 0.25) is 5.13 Å². The highest BCUT2D eigenvalue weighted by Crippen LogP contribution is 2.19. The highest BCUT2D eigenvalue weighted by atomic mass is 32.2. The van der Waals surface area contributed by atoms with Crippen molar-refractivity contribution in [2.45, 2.75) is 18.7 Å². The van der Waals surface area contributed by atoms with E-state index in [-0.39, 0.29) is 16.6 Å². The lowest BCUT2D eigenvalue weighted by atomic mass is 10.1. The largest absolute Gasteiger partial charge is 0.384 e. The van der Waals surface area contributed by atoms with Gasteiger partial charge >= 0.3 is 0 Å². The van der Waals surface area contributed by atoms with Gasteiger partial charge in [0.25, 0.3) is 10.0 Å². The third-order valence-corrected chi connectivity index (χ3v) is 4.75. The Kier molecular flexibility index (Phi) is 4.57. The van der Waals surface area contributed by atoms with E-state index in [1.54, 1.807) is 19.9 Å². The van der Waals surface area contributed by atoms with E-state index in [4.69, 9.17) is 5.11 Å². The minimum absolute atomic E-state index is 0.127. The second-order valence-corrected chi connectivity index (χ2v) is 6.62. The number of aryl methyl sites for hydroxylation is 2. The molecule has 110 valence electrons. The highest BCUT2D eigenvalue weighted by Gasteiger charge is 2.17. The average molecular weight is 323 g/mol. The third-order valence-electron chi connectivity index (χ3n) is 2.56. The van der Waals surface area contributed by atoms with Gasteiger partial charge in [0.15, 0.2) is 0 Å². The van der Waals surface area contributed by atoms with E-state index >= 15 is 0 Å². The average Bonchev–Trinajstić information content (AvgIpc) is 2.82. The van der Waals surface area contributed by atoms with Crippen LogP contribution in [0.1, 0.15) is 17.0 Å². The lowest BCUT2D eigenvalue weighted by Crippen LogP contribution is -2.13. The van der Waals surface area contributed by atoms with Crippen LogP contribution in [0.25, 0.3) is 0 Å². The van der Waals surface area contributed by atoms with Crippen molar-refractivity contribution in [3.8, 4) is 11.8 Å². The fourth-order valence-electron chi connectivity index (χ4n) is 1.59. The molecule has 0 spiro atoms. The van der Waals surface area contributed by atoms with Crippen LogP contribution >= 0.6 is 11.5 Å². The number of aliphatic hydroxyl groups is 1. The summed E-state index contributed by atoms with van der Waals surface area (Å²) < 4.78 is 30.8. The molecular formula is C13H13N3O3S2. The summed E-state index contributed by atoms with van der Waals surface area (Å²) in [6.07, 6.45) is 0. The summed E-state index contributed by atoms with van der Waals surface area (Å²) in [6, 6.07) is 4.60. The Hall–Kier alpha value is -1.95. The summed E-state index contributed by atoms with van der Waals surface area (Å²) in [5, 5.41) is 8.91. The number of hydrogen-bond acceptors (Lipinski definition) is 6. The van der Waals surface area contributed by atoms with Gasteiger partial charge in [-0.2, -0.15) is 4.37 Å². The third kappa shape index (κ3) is 3.78. The van der Waals surface area contributed by atoms with Gasteiger partial charge in [0.05, 0.1) is 4.90 Å². The number of sulfonamides is 1. The van der Waals surface area contributed by atoms with E-state index in [0.29, 0.717) is 17.0 Å². The number of rotatable bonds is 3. The van der Waals surface area contributed by atoms with Gasteiger partial charge in [-0.05, 0) is 37.6 Å². The molecule has 0 radical (unpaired) electrons. The molecule has 8 heteroatoms. The SMILES string of the molecule is Cc1nsc(NS(=O)(=O)c2ccc(C#CCO)c(C)c2)n1. The first-order valence-electron chi connectivity index (χ1n) is 5.96. The molecule has 0 unspecified atom stereocenters. The molecule has 0 bridgehead atoms. The molecule has 0 aliphatic carbocycles. The van der Waals surface area contributed by atoms with Gasteiger partial charge in [-0.15, -0.1) is 0 Å². The van der Waals surface area contributed by atoms with E-state index in [9.17, 15) is 8.42 Å². The number of nitrogens with zero attached hydrogens (tertiary/aromatic N) is 2. The Labute approximate surface area is 127 Å². The van der Waals surface area contributed by atoms with Crippen molar-refractivity contribution >= 4 is 26.7 Å². The van der Waals surface area contributed by atoms with Crippen LogP contribution in [0.4, 0.5) is 5.13 Å². The topological polar surface area (TPSA) is 92.2 Å². The number of nitrogens with one attached hydrogen (secondary N) is 1. The summed E-state index contributed by atoms with van der Waals surface area (Å²) >= 11 is 0.988. The zero-order valence-electron chi connectivity index (χ0n) is 11.4. The minimum Gasteiger partial charge on any atom is -0.384 e. The number of aliphatic hydroxyl groups excluding tert-OH is 1. The van der Waals surface area contributed by atoms with Crippen molar-refractivity contribution in [2.24, 2.45) is 0 Å². The lowest BCUT2D eigenvalue weighted by Gasteiger charge is -2.06. The van der Waals surface area contributed by atoms with Crippen molar-refractivity contribution in [2.75, 3.05) is 11.3 Å². The Morgan fingerprint density at radius 3 is 2.71 bits per heavy atom. The normalized spacial score (nSPS) is 10.8. The molecule has 2 N–H and O–H groups in total. The summed E-state index contributed by atoms with van der Waals surface area (Å²) in [6.45, 7) is 3.21. The van der Waals surface area contributed by atoms with Gasteiger partial charge < -0.3 is 5.11 Å². The van der Waals surface area contributed by atoms with Crippen molar-refractivity contribution < 1.29 is 13.5 Å². The van der Waals surface area contributed by atoms with E-state index < -0.39 is 10.0 Å². The predicted octanol–water partition coefficient (Wildman–Crippen LogP) is 1.30. The van der Waals surface area contributed by atoms with E-state index in [1.165, 1.54) is 12.1 Å². The summed E-state index contributed by atoms with van der Waals surface area (Å²) in [4.78, 5) is 4.10. The predicted molar refractivity (Wildman–Crippen MR) is 80.6 cm³/mol. The van der Waals surface area contributed by atoms with Crippen LogP contribution in [-0.4, -0.2) is 29.5 Å². The van der Waals surface area contributed by atoms with Gasteiger partial charge in [0.1, 0.15) is 12.4 Å². The molecule has 2 rings (SSSR count).